The first-order valence-corrected chi connectivity index (χ1v) is 7.06. The number of rotatable bonds is 4. The lowest BCUT2D eigenvalue weighted by molar-refractivity contribution is 0.0791. The number of hydrogen-bond donors (Lipinski definition) is 0. The van der Waals surface area contributed by atoms with E-state index in [9.17, 15) is 9.59 Å². The number of carbonyl (C=O) groups excluding carboxylic acids is 2. The molecule has 3 heteroatoms. The van der Waals surface area contributed by atoms with Crippen LogP contribution in [0.1, 0.15) is 58.9 Å². The van der Waals surface area contributed by atoms with Gasteiger partial charge < -0.3 is 4.90 Å². The van der Waals surface area contributed by atoms with Crippen LogP contribution in [-0.2, 0) is 0 Å². The molecule has 1 aromatic rings. The number of likely N-dealkylation sites (tertiary alicyclic amines) is 1. The second-order valence-corrected chi connectivity index (χ2v) is 5.20. The first kappa shape index (κ1) is 13.8. The molecule has 0 bridgehead atoms. The quantitative estimate of drug-likeness (QED) is 0.779. The molecule has 0 saturated carbocycles. The standard InChI is InChI=1S/C16H21NO2/c1-3-6-15(18)13-7-8-14(12(2)11-13)16(19)17-9-4-5-10-17/h7-8,11H,3-6,9-10H2,1-2H3. The Morgan fingerprint density at radius 3 is 2.47 bits per heavy atom. The van der Waals surface area contributed by atoms with Gasteiger partial charge in [-0.25, -0.2) is 0 Å². The zero-order chi connectivity index (χ0) is 13.8. The van der Waals surface area contributed by atoms with Crippen LogP contribution in [-0.4, -0.2) is 29.7 Å². The van der Waals surface area contributed by atoms with Gasteiger partial charge in [-0.05, 0) is 43.9 Å². The predicted molar refractivity (Wildman–Crippen MR) is 75.6 cm³/mol. The van der Waals surface area contributed by atoms with Crippen LogP contribution in [0.4, 0.5) is 0 Å². The topological polar surface area (TPSA) is 37.4 Å². The predicted octanol–water partition coefficient (Wildman–Crippen LogP) is 3.21. The minimum atomic E-state index is 0.101. The van der Waals surface area contributed by atoms with Crippen LogP contribution < -0.4 is 0 Å². The number of ketones is 1. The van der Waals surface area contributed by atoms with Crippen molar-refractivity contribution >= 4 is 11.7 Å². The van der Waals surface area contributed by atoms with E-state index in [0.717, 1.165) is 49.0 Å². The molecule has 0 aromatic heterocycles. The van der Waals surface area contributed by atoms with Crippen LogP contribution in [0.5, 0.6) is 0 Å². The van der Waals surface area contributed by atoms with Crippen LogP contribution in [0.15, 0.2) is 18.2 Å². The van der Waals surface area contributed by atoms with E-state index >= 15 is 0 Å². The summed E-state index contributed by atoms with van der Waals surface area (Å²) in [6.45, 7) is 5.62. The molecule has 102 valence electrons. The Balaban J connectivity index is 2.19. The molecule has 0 spiro atoms. The molecular weight excluding hydrogens is 238 g/mol. The Hall–Kier alpha value is -1.64. The van der Waals surface area contributed by atoms with Gasteiger partial charge in [-0.1, -0.05) is 13.0 Å². The van der Waals surface area contributed by atoms with Gasteiger partial charge in [0.25, 0.3) is 5.91 Å². The molecule has 1 aliphatic heterocycles. The smallest absolute Gasteiger partial charge is 0.254 e. The molecule has 1 heterocycles. The first-order chi connectivity index (χ1) is 9.13. The molecule has 1 amide bonds. The highest BCUT2D eigenvalue weighted by molar-refractivity contribution is 5.99. The maximum atomic E-state index is 12.3. The van der Waals surface area contributed by atoms with Crippen molar-refractivity contribution in [2.45, 2.75) is 39.5 Å². The van der Waals surface area contributed by atoms with E-state index in [1.807, 2.05) is 24.8 Å². The van der Waals surface area contributed by atoms with Crippen molar-refractivity contribution in [1.29, 1.82) is 0 Å². The molecule has 0 unspecified atom stereocenters. The summed E-state index contributed by atoms with van der Waals surface area (Å²) in [7, 11) is 0. The normalized spacial score (nSPS) is 14.7. The van der Waals surface area contributed by atoms with Gasteiger partial charge in [0.2, 0.25) is 0 Å². The number of benzene rings is 1. The second kappa shape index (κ2) is 6.00. The Bertz CT molecular complexity index is 488. The molecule has 0 radical (unpaired) electrons. The van der Waals surface area contributed by atoms with Crippen molar-refractivity contribution in [3.63, 3.8) is 0 Å². The molecule has 0 atom stereocenters. The van der Waals surface area contributed by atoms with Crippen molar-refractivity contribution in [3.8, 4) is 0 Å². The van der Waals surface area contributed by atoms with Gasteiger partial charge in [-0.2, -0.15) is 0 Å². The van der Waals surface area contributed by atoms with Crippen molar-refractivity contribution in [3.05, 3.63) is 34.9 Å². The van der Waals surface area contributed by atoms with E-state index in [1.54, 1.807) is 12.1 Å². The molecule has 3 nitrogen and oxygen atoms in total. The number of nitrogens with zero attached hydrogens (tertiary/aromatic N) is 1. The molecule has 0 aliphatic carbocycles. The third-order valence-corrected chi connectivity index (χ3v) is 3.65. The minimum Gasteiger partial charge on any atom is -0.339 e. The summed E-state index contributed by atoms with van der Waals surface area (Å²) >= 11 is 0. The maximum absolute atomic E-state index is 12.3. The monoisotopic (exact) mass is 259 g/mol. The van der Waals surface area contributed by atoms with Crippen LogP contribution in [0, 0.1) is 6.92 Å². The fourth-order valence-corrected chi connectivity index (χ4v) is 2.54. The lowest BCUT2D eigenvalue weighted by Gasteiger charge is -2.17. The van der Waals surface area contributed by atoms with Crippen LogP contribution >= 0.6 is 0 Å². The number of Topliss-reactive ketones (excluding diaryl/α,β-unsaturated/α-hetero) is 1. The summed E-state index contributed by atoms with van der Waals surface area (Å²) in [6.07, 6.45) is 3.61. The number of hydrogen-bond acceptors (Lipinski definition) is 2. The number of amides is 1. The summed E-state index contributed by atoms with van der Waals surface area (Å²) < 4.78 is 0. The third-order valence-electron chi connectivity index (χ3n) is 3.65. The average Bonchev–Trinajstić information content (AvgIpc) is 2.92. The number of carbonyl (C=O) groups is 2. The van der Waals surface area contributed by atoms with Gasteiger partial charge in [0.05, 0.1) is 0 Å². The highest BCUT2D eigenvalue weighted by atomic mass is 16.2. The van der Waals surface area contributed by atoms with E-state index in [4.69, 9.17) is 0 Å². The van der Waals surface area contributed by atoms with Gasteiger partial charge in [0.15, 0.2) is 5.78 Å². The summed E-state index contributed by atoms with van der Waals surface area (Å²) in [5, 5.41) is 0. The van der Waals surface area contributed by atoms with Crippen molar-refractivity contribution in [2.75, 3.05) is 13.1 Å². The second-order valence-electron chi connectivity index (χ2n) is 5.20. The molecule has 2 rings (SSSR count). The fraction of sp³-hybridized carbons (Fsp3) is 0.500. The molecule has 0 N–H and O–H groups in total. The van der Waals surface area contributed by atoms with E-state index < -0.39 is 0 Å². The fourth-order valence-electron chi connectivity index (χ4n) is 2.54. The molecular formula is C16H21NO2. The highest BCUT2D eigenvalue weighted by Crippen LogP contribution is 2.18. The van der Waals surface area contributed by atoms with E-state index in [2.05, 4.69) is 0 Å². The summed E-state index contributed by atoms with van der Waals surface area (Å²) in [5.74, 6) is 0.260. The summed E-state index contributed by atoms with van der Waals surface area (Å²) in [5.41, 5.74) is 2.35. The lowest BCUT2D eigenvalue weighted by atomic mass is 10.00. The van der Waals surface area contributed by atoms with Crippen LogP contribution in [0.3, 0.4) is 0 Å². The zero-order valence-corrected chi connectivity index (χ0v) is 11.7. The molecule has 1 saturated heterocycles. The van der Waals surface area contributed by atoms with E-state index in [0.29, 0.717) is 6.42 Å². The Morgan fingerprint density at radius 1 is 1.21 bits per heavy atom. The van der Waals surface area contributed by atoms with Crippen molar-refractivity contribution in [2.24, 2.45) is 0 Å². The molecule has 1 aromatic carbocycles. The third kappa shape index (κ3) is 3.03. The number of aryl methyl sites for hydroxylation is 1. The molecule has 19 heavy (non-hydrogen) atoms. The average molecular weight is 259 g/mol. The van der Waals surface area contributed by atoms with Crippen LogP contribution in [0.2, 0.25) is 0 Å². The van der Waals surface area contributed by atoms with E-state index in [1.165, 1.54) is 0 Å². The van der Waals surface area contributed by atoms with Gasteiger partial charge in [-0.15, -0.1) is 0 Å². The summed E-state index contributed by atoms with van der Waals surface area (Å²) in [6, 6.07) is 5.44. The molecule has 1 fully saturated rings. The van der Waals surface area contributed by atoms with Crippen molar-refractivity contribution in [1.82, 2.24) is 4.90 Å². The minimum absolute atomic E-state index is 0.101. The van der Waals surface area contributed by atoms with Gasteiger partial charge in [0.1, 0.15) is 0 Å². The first-order valence-electron chi connectivity index (χ1n) is 7.06. The Morgan fingerprint density at radius 2 is 1.89 bits per heavy atom. The van der Waals surface area contributed by atoms with Gasteiger partial charge in [0, 0.05) is 30.6 Å². The summed E-state index contributed by atoms with van der Waals surface area (Å²) in [4.78, 5) is 26.1. The highest BCUT2D eigenvalue weighted by Gasteiger charge is 2.21. The van der Waals surface area contributed by atoms with Crippen molar-refractivity contribution < 1.29 is 9.59 Å². The van der Waals surface area contributed by atoms with E-state index in [-0.39, 0.29) is 11.7 Å². The Labute approximate surface area is 114 Å². The zero-order valence-electron chi connectivity index (χ0n) is 11.7. The largest absolute Gasteiger partial charge is 0.339 e. The Kier molecular flexibility index (Phi) is 4.35. The van der Waals surface area contributed by atoms with Gasteiger partial charge >= 0.3 is 0 Å². The van der Waals surface area contributed by atoms with Crippen LogP contribution in [0.25, 0.3) is 0 Å². The van der Waals surface area contributed by atoms with Gasteiger partial charge in [-0.3, -0.25) is 9.59 Å². The SMILES string of the molecule is CCCC(=O)c1ccc(C(=O)N2CCCC2)c(C)c1. The molecule has 1 aliphatic rings. The lowest BCUT2D eigenvalue weighted by Crippen LogP contribution is -2.28. The maximum Gasteiger partial charge on any atom is 0.254 e.